The SMILES string of the molecule is CCCC[N+]([O-])=Cc1ccc(OCC)c(OC)c1. The van der Waals surface area contributed by atoms with Crippen molar-refractivity contribution >= 4 is 6.21 Å². The first-order chi connectivity index (χ1) is 8.71. The van der Waals surface area contributed by atoms with Gasteiger partial charge >= 0.3 is 0 Å². The van der Waals surface area contributed by atoms with Crippen LogP contribution in [0, 0.1) is 5.21 Å². The molecule has 18 heavy (non-hydrogen) atoms. The van der Waals surface area contributed by atoms with Crippen LogP contribution in [0.15, 0.2) is 18.2 Å². The summed E-state index contributed by atoms with van der Waals surface area (Å²) in [5.41, 5.74) is 0.821. The Kier molecular flexibility index (Phi) is 6.05. The fourth-order valence-electron chi connectivity index (χ4n) is 1.58. The Morgan fingerprint density at radius 2 is 2.06 bits per heavy atom. The first kappa shape index (κ1) is 14.4. The van der Waals surface area contributed by atoms with Crippen molar-refractivity contribution in [2.45, 2.75) is 26.7 Å². The van der Waals surface area contributed by atoms with Gasteiger partial charge in [0.1, 0.15) is 0 Å². The standard InChI is InChI=1S/C14H21NO3/c1-4-6-9-15(16)11-12-7-8-13(18-5-2)14(10-12)17-3/h7-8,10-11H,4-6,9H2,1-3H3. The fourth-order valence-corrected chi connectivity index (χ4v) is 1.58. The molecule has 100 valence electrons. The summed E-state index contributed by atoms with van der Waals surface area (Å²) < 4.78 is 11.6. The Hall–Kier alpha value is -1.71. The Labute approximate surface area is 108 Å². The van der Waals surface area contributed by atoms with E-state index in [2.05, 4.69) is 6.92 Å². The normalized spacial score (nSPS) is 11.4. The minimum absolute atomic E-state index is 0.520. The summed E-state index contributed by atoms with van der Waals surface area (Å²) in [5, 5.41) is 11.6. The molecule has 0 heterocycles. The van der Waals surface area contributed by atoms with Crippen LogP contribution in [-0.4, -0.2) is 31.2 Å². The molecule has 0 aliphatic heterocycles. The van der Waals surface area contributed by atoms with Crippen molar-refractivity contribution in [2.75, 3.05) is 20.3 Å². The highest BCUT2D eigenvalue weighted by Crippen LogP contribution is 2.27. The Morgan fingerprint density at radius 3 is 2.67 bits per heavy atom. The van der Waals surface area contributed by atoms with E-state index in [0.717, 1.165) is 23.1 Å². The third-order valence-electron chi connectivity index (χ3n) is 2.51. The lowest BCUT2D eigenvalue weighted by atomic mass is 10.2. The van der Waals surface area contributed by atoms with E-state index in [9.17, 15) is 5.21 Å². The van der Waals surface area contributed by atoms with Crippen molar-refractivity contribution in [2.24, 2.45) is 0 Å². The second kappa shape index (κ2) is 7.58. The maximum absolute atomic E-state index is 11.6. The Morgan fingerprint density at radius 1 is 1.28 bits per heavy atom. The van der Waals surface area contributed by atoms with Gasteiger partial charge in [-0.3, -0.25) is 0 Å². The summed E-state index contributed by atoms with van der Waals surface area (Å²) in [4.78, 5) is 0. The molecular weight excluding hydrogens is 230 g/mol. The maximum atomic E-state index is 11.6. The van der Waals surface area contributed by atoms with Gasteiger partial charge in [0.2, 0.25) is 0 Å². The highest BCUT2D eigenvalue weighted by Gasteiger charge is 2.05. The molecule has 1 rings (SSSR count). The van der Waals surface area contributed by atoms with Gasteiger partial charge < -0.3 is 14.7 Å². The van der Waals surface area contributed by atoms with Gasteiger partial charge in [0.25, 0.3) is 0 Å². The second-order valence-corrected chi connectivity index (χ2v) is 3.97. The number of unbranched alkanes of at least 4 members (excludes halogenated alkanes) is 1. The number of rotatable bonds is 7. The molecule has 4 heteroatoms. The third kappa shape index (κ3) is 4.28. The molecule has 0 aliphatic rings. The summed E-state index contributed by atoms with van der Waals surface area (Å²) in [6.45, 7) is 5.09. The minimum Gasteiger partial charge on any atom is -0.624 e. The lowest BCUT2D eigenvalue weighted by Crippen LogP contribution is -2.07. The molecule has 0 radical (unpaired) electrons. The van der Waals surface area contributed by atoms with Crippen molar-refractivity contribution in [3.05, 3.63) is 29.0 Å². The molecular formula is C14H21NO3. The van der Waals surface area contributed by atoms with Crippen LogP contribution in [-0.2, 0) is 0 Å². The second-order valence-electron chi connectivity index (χ2n) is 3.97. The van der Waals surface area contributed by atoms with Gasteiger partial charge in [-0.25, -0.2) is 4.74 Å². The average molecular weight is 251 g/mol. The summed E-state index contributed by atoms with van der Waals surface area (Å²) in [5.74, 6) is 1.35. The van der Waals surface area contributed by atoms with E-state index in [1.165, 1.54) is 0 Å². The lowest BCUT2D eigenvalue weighted by molar-refractivity contribution is -0.452. The molecule has 0 aliphatic carbocycles. The molecule has 0 atom stereocenters. The van der Waals surface area contributed by atoms with E-state index >= 15 is 0 Å². The third-order valence-corrected chi connectivity index (χ3v) is 2.51. The Balaban J connectivity index is 2.84. The monoisotopic (exact) mass is 251 g/mol. The molecule has 0 unspecified atom stereocenters. The molecule has 0 fully saturated rings. The smallest absolute Gasteiger partial charge is 0.181 e. The van der Waals surface area contributed by atoms with Crippen molar-refractivity contribution in [3.8, 4) is 11.5 Å². The molecule has 0 saturated carbocycles. The predicted octanol–water partition coefficient (Wildman–Crippen LogP) is 2.82. The average Bonchev–Trinajstić information content (AvgIpc) is 2.38. The van der Waals surface area contributed by atoms with Crippen LogP contribution in [0.3, 0.4) is 0 Å². The van der Waals surface area contributed by atoms with Crippen molar-refractivity contribution in [3.63, 3.8) is 0 Å². The fraction of sp³-hybridized carbons (Fsp3) is 0.500. The van der Waals surface area contributed by atoms with E-state index < -0.39 is 0 Å². The molecule has 0 spiro atoms. The number of nitrogens with zero attached hydrogens (tertiary/aromatic N) is 1. The van der Waals surface area contributed by atoms with E-state index in [-0.39, 0.29) is 0 Å². The van der Waals surface area contributed by atoms with Crippen LogP contribution in [0.5, 0.6) is 11.5 Å². The zero-order valence-electron chi connectivity index (χ0n) is 11.3. The summed E-state index contributed by atoms with van der Waals surface area (Å²) in [6.07, 6.45) is 3.49. The predicted molar refractivity (Wildman–Crippen MR) is 72.7 cm³/mol. The molecule has 0 N–H and O–H groups in total. The van der Waals surface area contributed by atoms with Crippen molar-refractivity contribution < 1.29 is 14.2 Å². The van der Waals surface area contributed by atoms with Gasteiger partial charge in [-0.1, -0.05) is 13.3 Å². The summed E-state index contributed by atoms with van der Waals surface area (Å²) in [6, 6.07) is 5.48. The van der Waals surface area contributed by atoms with Crippen LogP contribution < -0.4 is 9.47 Å². The number of hydrogen-bond acceptors (Lipinski definition) is 3. The molecule has 0 aromatic heterocycles. The molecule has 0 amide bonds. The highest BCUT2D eigenvalue weighted by molar-refractivity contribution is 5.77. The molecule has 4 nitrogen and oxygen atoms in total. The maximum Gasteiger partial charge on any atom is 0.181 e. The summed E-state index contributed by atoms with van der Waals surface area (Å²) in [7, 11) is 1.59. The topological polar surface area (TPSA) is 44.5 Å². The van der Waals surface area contributed by atoms with E-state index in [4.69, 9.17) is 9.47 Å². The minimum atomic E-state index is 0.520. The number of methoxy groups -OCH3 is 1. The number of benzene rings is 1. The van der Waals surface area contributed by atoms with Gasteiger partial charge in [-0.05, 0) is 25.1 Å². The number of hydrogen-bond donors (Lipinski definition) is 0. The highest BCUT2D eigenvalue weighted by atomic mass is 16.5. The number of hydroxylamine groups is 1. The van der Waals surface area contributed by atoms with Gasteiger partial charge in [-0.2, -0.15) is 0 Å². The van der Waals surface area contributed by atoms with Crippen LogP contribution in [0.2, 0.25) is 0 Å². The van der Waals surface area contributed by atoms with Gasteiger partial charge in [0.05, 0.1) is 13.7 Å². The van der Waals surface area contributed by atoms with Crippen molar-refractivity contribution in [1.29, 1.82) is 0 Å². The van der Waals surface area contributed by atoms with E-state index in [1.807, 2.05) is 25.1 Å². The first-order valence-electron chi connectivity index (χ1n) is 6.30. The lowest BCUT2D eigenvalue weighted by Gasteiger charge is -2.09. The van der Waals surface area contributed by atoms with Gasteiger partial charge in [0, 0.05) is 12.0 Å². The van der Waals surface area contributed by atoms with Crippen LogP contribution >= 0.6 is 0 Å². The number of ether oxygens (including phenoxy) is 2. The zero-order valence-corrected chi connectivity index (χ0v) is 11.3. The zero-order chi connectivity index (χ0) is 13.4. The van der Waals surface area contributed by atoms with Gasteiger partial charge in [-0.15, -0.1) is 0 Å². The first-order valence-corrected chi connectivity index (χ1v) is 6.30. The van der Waals surface area contributed by atoms with Crippen molar-refractivity contribution in [1.82, 2.24) is 0 Å². The van der Waals surface area contributed by atoms with Crippen LogP contribution in [0.4, 0.5) is 0 Å². The van der Waals surface area contributed by atoms with Crippen LogP contribution in [0.1, 0.15) is 32.3 Å². The van der Waals surface area contributed by atoms with Gasteiger partial charge in [0.15, 0.2) is 24.3 Å². The molecule has 1 aromatic rings. The quantitative estimate of drug-likeness (QED) is 0.324. The largest absolute Gasteiger partial charge is 0.624 e. The van der Waals surface area contributed by atoms with E-state index in [0.29, 0.717) is 24.7 Å². The molecule has 1 aromatic carbocycles. The summed E-state index contributed by atoms with van der Waals surface area (Å²) >= 11 is 0. The van der Waals surface area contributed by atoms with Crippen LogP contribution in [0.25, 0.3) is 0 Å². The molecule has 0 bridgehead atoms. The Bertz CT molecular complexity index is 402. The molecule has 0 saturated heterocycles. The van der Waals surface area contributed by atoms with E-state index in [1.54, 1.807) is 13.3 Å².